The molecule has 9 heteroatoms. The number of carboxylic acid groups (broad SMARTS) is 1. The number of carbonyl (C=O) groups is 1. The Morgan fingerprint density at radius 3 is 2.43 bits per heavy atom. The molecule has 0 amide bonds. The van der Waals surface area contributed by atoms with Crippen LogP contribution in [0.2, 0.25) is 0 Å². The van der Waals surface area contributed by atoms with E-state index in [2.05, 4.69) is 0 Å². The average Bonchev–Trinajstić information content (AvgIpc) is 2.44. The molecular formula is C12H13NO6S2. The molecule has 0 heterocycles. The van der Waals surface area contributed by atoms with E-state index in [-0.39, 0.29) is 10.5 Å². The highest BCUT2D eigenvalue weighted by molar-refractivity contribution is 7.95. The number of sulfone groups is 2. The highest BCUT2D eigenvalue weighted by Gasteiger charge is 2.29. The van der Waals surface area contributed by atoms with Crippen LogP contribution in [-0.2, 0) is 24.5 Å². The van der Waals surface area contributed by atoms with Crippen LogP contribution in [0.3, 0.4) is 0 Å². The average molecular weight is 331 g/mol. The molecule has 0 aliphatic rings. The van der Waals surface area contributed by atoms with Gasteiger partial charge in [0.1, 0.15) is 0 Å². The van der Waals surface area contributed by atoms with Crippen molar-refractivity contribution in [1.29, 1.82) is 5.26 Å². The van der Waals surface area contributed by atoms with E-state index < -0.39 is 42.4 Å². The smallest absolute Gasteiger partial charge is 0.321 e. The van der Waals surface area contributed by atoms with Crippen molar-refractivity contribution in [1.82, 2.24) is 0 Å². The third kappa shape index (κ3) is 4.27. The van der Waals surface area contributed by atoms with Gasteiger partial charge in [-0.05, 0) is 25.1 Å². The molecule has 0 aromatic heterocycles. The fraction of sp³-hybridized carbons (Fsp3) is 0.333. The molecule has 1 aromatic carbocycles. The fourth-order valence-electron chi connectivity index (χ4n) is 1.43. The van der Waals surface area contributed by atoms with Crippen LogP contribution in [0.4, 0.5) is 0 Å². The Kier molecular flexibility index (Phi) is 5.09. The molecule has 0 aliphatic carbocycles. The largest absolute Gasteiger partial charge is 0.480 e. The molecule has 1 aromatic rings. The minimum atomic E-state index is -4.06. The van der Waals surface area contributed by atoms with Gasteiger partial charge >= 0.3 is 5.97 Å². The number of hydrogen-bond acceptors (Lipinski definition) is 6. The summed E-state index contributed by atoms with van der Waals surface area (Å²) in [6.07, 6.45) is 0. The lowest BCUT2D eigenvalue weighted by Crippen LogP contribution is -2.31. The van der Waals surface area contributed by atoms with Crippen molar-refractivity contribution < 1.29 is 26.7 Å². The Bertz CT molecular complexity index is 789. The molecule has 0 spiro atoms. The normalized spacial score (nSPS) is 13.3. The predicted molar refractivity (Wildman–Crippen MR) is 74.1 cm³/mol. The van der Waals surface area contributed by atoms with Crippen LogP contribution in [0.5, 0.6) is 0 Å². The van der Waals surface area contributed by atoms with Crippen molar-refractivity contribution in [3.8, 4) is 6.07 Å². The predicted octanol–water partition coefficient (Wildman–Crippen LogP) is 0.220. The molecule has 1 unspecified atom stereocenters. The van der Waals surface area contributed by atoms with E-state index in [1.165, 1.54) is 18.2 Å². The number of rotatable bonds is 6. The molecule has 1 N–H and O–H groups in total. The Labute approximate surface area is 122 Å². The quantitative estimate of drug-likeness (QED) is 0.789. The monoisotopic (exact) mass is 331 g/mol. The molecule has 0 saturated carbocycles. The van der Waals surface area contributed by atoms with E-state index in [0.29, 0.717) is 0 Å². The number of benzene rings is 1. The Morgan fingerprint density at radius 1 is 1.29 bits per heavy atom. The van der Waals surface area contributed by atoms with Gasteiger partial charge in [0.2, 0.25) is 0 Å². The van der Waals surface area contributed by atoms with Gasteiger partial charge in [-0.3, -0.25) is 4.79 Å². The summed E-state index contributed by atoms with van der Waals surface area (Å²) in [7, 11) is -7.97. The molecule has 0 saturated heterocycles. The van der Waals surface area contributed by atoms with Crippen molar-refractivity contribution in [2.75, 3.05) is 11.5 Å². The zero-order valence-electron chi connectivity index (χ0n) is 11.1. The second kappa shape index (κ2) is 6.24. The van der Waals surface area contributed by atoms with Gasteiger partial charge in [0, 0.05) is 0 Å². The molecule has 0 radical (unpaired) electrons. The molecule has 21 heavy (non-hydrogen) atoms. The maximum Gasteiger partial charge on any atom is 0.321 e. The lowest BCUT2D eigenvalue weighted by Gasteiger charge is -2.09. The van der Waals surface area contributed by atoms with Crippen molar-refractivity contribution in [2.24, 2.45) is 0 Å². The van der Waals surface area contributed by atoms with Gasteiger partial charge < -0.3 is 5.11 Å². The van der Waals surface area contributed by atoms with Crippen LogP contribution in [0.15, 0.2) is 29.2 Å². The van der Waals surface area contributed by atoms with Gasteiger partial charge in [0.25, 0.3) is 0 Å². The van der Waals surface area contributed by atoms with E-state index in [0.717, 1.165) is 13.0 Å². The first kappa shape index (κ1) is 17.1. The van der Waals surface area contributed by atoms with Crippen LogP contribution < -0.4 is 0 Å². The summed E-state index contributed by atoms with van der Waals surface area (Å²) in [5, 5.41) is 15.7. The SMILES string of the molecule is CC(C(=O)O)S(=O)(=O)CCS(=O)(=O)c1cccc(C#N)c1. The number of carboxylic acids is 1. The molecule has 7 nitrogen and oxygen atoms in total. The zero-order chi connectivity index (χ0) is 16.3. The number of aliphatic carboxylic acids is 1. The fourth-order valence-corrected chi connectivity index (χ4v) is 4.73. The topological polar surface area (TPSA) is 129 Å². The number of nitriles is 1. The van der Waals surface area contributed by atoms with Crippen LogP contribution in [0, 0.1) is 11.3 Å². The van der Waals surface area contributed by atoms with Gasteiger partial charge in [-0.15, -0.1) is 0 Å². The summed E-state index contributed by atoms with van der Waals surface area (Å²) >= 11 is 0. The summed E-state index contributed by atoms with van der Waals surface area (Å²) in [5.41, 5.74) is 0.137. The maximum absolute atomic E-state index is 12.0. The number of nitrogens with zero attached hydrogens (tertiary/aromatic N) is 1. The second-order valence-electron chi connectivity index (χ2n) is 4.31. The van der Waals surface area contributed by atoms with Crippen molar-refractivity contribution in [3.05, 3.63) is 29.8 Å². The van der Waals surface area contributed by atoms with E-state index in [1.54, 1.807) is 6.07 Å². The molecule has 0 bridgehead atoms. The molecule has 114 valence electrons. The second-order valence-corrected chi connectivity index (χ2v) is 8.86. The summed E-state index contributed by atoms with van der Waals surface area (Å²) < 4.78 is 47.4. The summed E-state index contributed by atoms with van der Waals surface area (Å²) in [5.74, 6) is -3.06. The standard InChI is InChI=1S/C12H13NO6S2/c1-9(12(14)15)20(16,17)5-6-21(18,19)11-4-2-3-10(7-11)8-13/h2-4,7,9H,5-6H2,1H3,(H,14,15). The third-order valence-corrected chi connectivity index (χ3v) is 6.87. The lowest BCUT2D eigenvalue weighted by atomic mass is 10.2. The zero-order valence-corrected chi connectivity index (χ0v) is 12.7. The van der Waals surface area contributed by atoms with Crippen molar-refractivity contribution >= 4 is 25.6 Å². The van der Waals surface area contributed by atoms with Crippen LogP contribution >= 0.6 is 0 Å². The molecular weight excluding hydrogens is 318 g/mol. The Hall–Kier alpha value is -1.92. The number of hydrogen-bond donors (Lipinski definition) is 1. The van der Waals surface area contributed by atoms with E-state index in [1.807, 2.05) is 0 Å². The minimum absolute atomic E-state index is 0.137. The molecule has 0 fully saturated rings. The first-order chi connectivity index (χ1) is 9.60. The van der Waals surface area contributed by atoms with Gasteiger partial charge in [0.15, 0.2) is 24.9 Å². The Balaban J connectivity index is 2.97. The van der Waals surface area contributed by atoms with E-state index in [9.17, 15) is 21.6 Å². The highest BCUT2D eigenvalue weighted by atomic mass is 32.2. The highest BCUT2D eigenvalue weighted by Crippen LogP contribution is 2.14. The first-order valence-corrected chi connectivity index (χ1v) is 9.14. The molecule has 1 atom stereocenters. The first-order valence-electron chi connectivity index (χ1n) is 5.77. The van der Waals surface area contributed by atoms with Crippen LogP contribution in [-0.4, -0.2) is 44.7 Å². The van der Waals surface area contributed by atoms with Crippen molar-refractivity contribution in [2.45, 2.75) is 17.1 Å². The summed E-state index contributed by atoms with van der Waals surface area (Å²) in [6.45, 7) is 0.987. The summed E-state index contributed by atoms with van der Waals surface area (Å²) in [6, 6.07) is 6.97. The lowest BCUT2D eigenvalue weighted by molar-refractivity contribution is -0.136. The Morgan fingerprint density at radius 2 is 1.90 bits per heavy atom. The van der Waals surface area contributed by atoms with Gasteiger partial charge in [0.05, 0.1) is 28.0 Å². The van der Waals surface area contributed by atoms with Gasteiger partial charge in [-0.25, -0.2) is 16.8 Å². The minimum Gasteiger partial charge on any atom is -0.480 e. The maximum atomic E-state index is 12.0. The summed E-state index contributed by atoms with van der Waals surface area (Å²) in [4.78, 5) is 10.5. The van der Waals surface area contributed by atoms with E-state index >= 15 is 0 Å². The van der Waals surface area contributed by atoms with Crippen molar-refractivity contribution in [3.63, 3.8) is 0 Å². The van der Waals surface area contributed by atoms with Gasteiger partial charge in [-0.2, -0.15) is 5.26 Å². The van der Waals surface area contributed by atoms with E-state index in [4.69, 9.17) is 10.4 Å². The van der Waals surface area contributed by atoms with Crippen LogP contribution in [0.25, 0.3) is 0 Å². The van der Waals surface area contributed by atoms with Crippen LogP contribution in [0.1, 0.15) is 12.5 Å². The van der Waals surface area contributed by atoms with Gasteiger partial charge in [-0.1, -0.05) is 6.07 Å². The molecule has 1 rings (SSSR count). The third-order valence-electron chi connectivity index (χ3n) is 2.85. The molecule has 0 aliphatic heterocycles.